The molecule has 1 heterocycles. The van der Waals surface area contributed by atoms with E-state index in [1.165, 1.54) is 0 Å². The highest BCUT2D eigenvalue weighted by Crippen LogP contribution is 2.27. The molecule has 1 saturated heterocycles. The molecule has 0 aromatic heterocycles. The van der Waals surface area contributed by atoms with Gasteiger partial charge >= 0.3 is 0 Å². The van der Waals surface area contributed by atoms with E-state index in [-0.39, 0.29) is 24.1 Å². The summed E-state index contributed by atoms with van der Waals surface area (Å²) in [5, 5.41) is 5.55. The molecule has 0 spiro atoms. The highest BCUT2D eigenvalue weighted by molar-refractivity contribution is 6.03. The van der Waals surface area contributed by atoms with Gasteiger partial charge in [0.05, 0.1) is 13.0 Å². The van der Waals surface area contributed by atoms with E-state index in [1.807, 2.05) is 6.92 Å². The molecule has 0 saturated carbocycles. The summed E-state index contributed by atoms with van der Waals surface area (Å²) in [6.07, 6.45) is 0.162. The number of carbonyl (C=O) groups is 3. The zero-order valence-corrected chi connectivity index (χ0v) is 15.9. The molecule has 1 aliphatic heterocycles. The van der Waals surface area contributed by atoms with E-state index < -0.39 is 5.92 Å². The fraction of sp³-hybridized carbons (Fsp3) is 0.286. The van der Waals surface area contributed by atoms with E-state index in [9.17, 15) is 14.4 Å². The molecule has 0 radical (unpaired) electrons. The Morgan fingerprint density at radius 1 is 1.11 bits per heavy atom. The van der Waals surface area contributed by atoms with E-state index in [0.717, 1.165) is 5.69 Å². The molecule has 146 valence electrons. The maximum atomic E-state index is 12.6. The molecule has 1 fully saturated rings. The van der Waals surface area contributed by atoms with E-state index in [2.05, 4.69) is 10.6 Å². The third-order valence-electron chi connectivity index (χ3n) is 4.63. The predicted molar refractivity (Wildman–Crippen MR) is 107 cm³/mol. The third kappa shape index (κ3) is 4.31. The van der Waals surface area contributed by atoms with Gasteiger partial charge in [0.2, 0.25) is 11.8 Å². The Morgan fingerprint density at radius 2 is 1.79 bits per heavy atom. The number of nitrogens with zero attached hydrogens (tertiary/aromatic N) is 1. The average molecular weight is 381 g/mol. The Balaban J connectivity index is 1.62. The van der Waals surface area contributed by atoms with Crippen molar-refractivity contribution in [2.75, 3.05) is 30.4 Å². The van der Waals surface area contributed by atoms with Crippen molar-refractivity contribution >= 4 is 29.1 Å². The van der Waals surface area contributed by atoms with E-state index in [4.69, 9.17) is 4.74 Å². The van der Waals surface area contributed by atoms with Crippen molar-refractivity contribution in [3.8, 4) is 5.75 Å². The molecular weight excluding hydrogens is 358 g/mol. The molecule has 7 nitrogen and oxygen atoms in total. The second-order valence-corrected chi connectivity index (χ2v) is 6.53. The zero-order valence-electron chi connectivity index (χ0n) is 15.9. The molecule has 1 atom stereocenters. The summed E-state index contributed by atoms with van der Waals surface area (Å²) in [5.41, 5.74) is 1.86. The van der Waals surface area contributed by atoms with Crippen molar-refractivity contribution in [2.45, 2.75) is 13.3 Å². The van der Waals surface area contributed by atoms with Crippen LogP contribution in [0.4, 0.5) is 11.4 Å². The minimum atomic E-state index is -0.433. The lowest BCUT2D eigenvalue weighted by molar-refractivity contribution is -0.122. The lowest BCUT2D eigenvalue weighted by Gasteiger charge is -2.17. The molecule has 3 amide bonds. The first-order valence-electron chi connectivity index (χ1n) is 9.15. The van der Waals surface area contributed by atoms with Crippen molar-refractivity contribution in [1.29, 1.82) is 0 Å². The molecule has 2 aromatic rings. The normalized spacial score (nSPS) is 16.0. The van der Waals surface area contributed by atoms with E-state index in [1.54, 1.807) is 60.5 Å². The summed E-state index contributed by atoms with van der Waals surface area (Å²) in [6.45, 7) is 2.73. The molecule has 28 heavy (non-hydrogen) atoms. The van der Waals surface area contributed by atoms with Crippen LogP contribution < -0.4 is 20.3 Å². The van der Waals surface area contributed by atoms with Crippen LogP contribution in [0, 0.1) is 5.92 Å². The number of benzene rings is 2. The number of hydrogen-bond acceptors (Lipinski definition) is 4. The number of anilines is 2. The van der Waals surface area contributed by atoms with Crippen LogP contribution in [0.2, 0.25) is 0 Å². The maximum absolute atomic E-state index is 12.6. The van der Waals surface area contributed by atoms with Crippen LogP contribution in [-0.2, 0) is 9.59 Å². The monoisotopic (exact) mass is 381 g/mol. The quantitative estimate of drug-likeness (QED) is 0.805. The summed E-state index contributed by atoms with van der Waals surface area (Å²) < 4.78 is 5.13. The van der Waals surface area contributed by atoms with Crippen LogP contribution in [0.15, 0.2) is 48.5 Å². The SMILES string of the molecule is CCNC(=O)c1ccc(NC(=O)C2CC(=O)N(c3ccc(OC)cc3)C2)cc1. The number of amides is 3. The third-order valence-corrected chi connectivity index (χ3v) is 4.63. The highest BCUT2D eigenvalue weighted by Gasteiger charge is 2.35. The molecule has 0 aliphatic carbocycles. The lowest BCUT2D eigenvalue weighted by atomic mass is 10.1. The van der Waals surface area contributed by atoms with Gasteiger partial charge in [0.1, 0.15) is 5.75 Å². The lowest BCUT2D eigenvalue weighted by Crippen LogP contribution is -2.28. The van der Waals surface area contributed by atoms with Crippen LogP contribution in [0.3, 0.4) is 0 Å². The number of hydrogen-bond donors (Lipinski definition) is 2. The summed E-state index contributed by atoms with van der Waals surface area (Å²) in [6, 6.07) is 13.8. The van der Waals surface area contributed by atoms with E-state index >= 15 is 0 Å². The smallest absolute Gasteiger partial charge is 0.251 e. The van der Waals surface area contributed by atoms with Crippen molar-refractivity contribution in [1.82, 2.24) is 5.32 Å². The Labute approximate surface area is 163 Å². The number of carbonyl (C=O) groups excluding carboxylic acids is 3. The van der Waals surface area contributed by atoms with Crippen LogP contribution in [0.25, 0.3) is 0 Å². The van der Waals surface area contributed by atoms with Gasteiger partial charge in [-0.2, -0.15) is 0 Å². The summed E-state index contributed by atoms with van der Waals surface area (Å²) >= 11 is 0. The first-order chi connectivity index (χ1) is 13.5. The molecule has 1 unspecified atom stereocenters. The van der Waals surface area contributed by atoms with Gasteiger partial charge in [0, 0.05) is 36.4 Å². The molecule has 0 bridgehead atoms. The topological polar surface area (TPSA) is 87.7 Å². The van der Waals surface area contributed by atoms with Crippen molar-refractivity contribution < 1.29 is 19.1 Å². The van der Waals surface area contributed by atoms with Crippen molar-refractivity contribution in [3.05, 3.63) is 54.1 Å². The summed E-state index contributed by atoms with van der Waals surface area (Å²) in [4.78, 5) is 38.3. The van der Waals surface area contributed by atoms with Gasteiger partial charge in [-0.3, -0.25) is 14.4 Å². The van der Waals surface area contributed by atoms with Crippen molar-refractivity contribution in [2.24, 2.45) is 5.92 Å². The second-order valence-electron chi connectivity index (χ2n) is 6.53. The fourth-order valence-electron chi connectivity index (χ4n) is 3.11. The van der Waals surface area contributed by atoms with Crippen LogP contribution >= 0.6 is 0 Å². The largest absolute Gasteiger partial charge is 0.497 e. The van der Waals surface area contributed by atoms with Gasteiger partial charge < -0.3 is 20.3 Å². The molecule has 2 aromatic carbocycles. The minimum absolute atomic E-state index is 0.0862. The average Bonchev–Trinajstić information content (AvgIpc) is 3.10. The highest BCUT2D eigenvalue weighted by atomic mass is 16.5. The maximum Gasteiger partial charge on any atom is 0.251 e. The predicted octanol–water partition coefficient (Wildman–Crippen LogP) is 2.44. The summed E-state index contributed by atoms with van der Waals surface area (Å²) in [7, 11) is 1.58. The molecule has 1 aliphatic rings. The van der Waals surface area contributed by atoms with Gasteiger partial charge in [0.25, 0.3) is 5.91 Å². The Morgan fingerprint density at radius 3 is 2.39 bits per heavy atom. The Kier molecular flexibility index (Phi) is 5.93. The Hall–Kier alpha value is -3.35. The number of methoxy groups -OCH3 is 1. The Bertz CT molecular complexity index is 862. The van der Waals surface area contributed by atoms with Crippen LogP contribution in [0.5, 0.6) is 5.75 Å². The van der Waals surface area contributed by atoms with Gasteiger partial charge in [0.15, 0.2) is 0 Å². The molecule has 7 heteroatoms. The number of ether oxygens (including phenoxy) is 1. The van der Waals surface area contributed by atoms with Crippen LogP contribution in [0.1, 0.15) is 23.7 Å². The van der Waals surface area contributed by atoms with Gasteiger partial charge in [-0.25, -0.2) is 0 Å². The standard InChI is InChI=1S/C21H23N3O4/c1-3-22-20(26)14-4-6-16(7-5-14)23-21(27)15-12-19(25)24(13-15)17-8-10-18(28-2)11-9-17/h4-11,15H,3,12-13H2,1-2H3,(H,22,26)(H,23,27). The number of rotatable bonds is 6. The fourth-order valence-corrected chi connectivity index (χ4v) is 3.11. The molecule has 3 rings (SSSR count). The second kappa shape index (κ2) is 8.56. The van der Waals surface area contributed by atoms with Gasteiger partial charge in [-0.05, 0) is 55.5 Å². The number of nitrogens with one attached hydrogen (secondary N) is 2. The minimum Gasteiger partial charge on any atom is -0.497 e. The molecule has 2 N–H and O–H groups in total. The molecular formula is C21H23N3O4. The summed E-state index contributed by atoms with van der Waals surface area (Å²) in [5.74, 6) is -0.178. The first kappa shape index (κ1) is 19.4. The van der Waals surface area contributed by atoms with E-state index in [0.29, 0.717) is 30.1 Å². The van der Waals surface area contributed by atoms with Crippen molar-refractivity contribution in [3.63, 3.8) is 0 Å². The van der Waals surface area contributed by atoms with Gasteiger partial charge in [-0.15, -0.1) is 0 Å². The zero-order chi connectivity index (χ0) is 20.1. The van der Waals surface area contributed by atoms with Crippen LogP contribution in [-0.4, -0.2) is 37.9 Å². The van der Waals surface area contributed by atoms with Gasteiger partial charge in [-0.1, -0.05) is 0 Å². The first-order valence-corrected chi connectivity index (χ1v) is 9.15.